The SMILES string of the molecule is Clc1ccc(-c2nc(NCCNc3ncc[nH]3)c3ccccc3n2)c(Cl)c1. The number of H-pyrrole nitrogens is 1. The highest BCUT2D eigenvalue weighted by molar-refractivity contribution is 6.36. The van der Waals surface area contributed by atoms with E-state index in [2.05, 4.69) is 25.6 Å². The lowest BCUT2D eigenvalue weighted by Crippen LogP contribution is -2.15. The second-order valence-corrected chi connectivity index (χ2v) is 6.67. The first kappa shape index (κ1) is 17.6. The van der Waals surface area contributed by atoms with E-state index in [1.165, 1.54) is 0 Å². The van der Waals surface area contributed by atoms with Crippen molar-refractivity contribution in [1.82, 2.24) is 19.9 Å². The number of imidazole rings is 1. The minimum atomic E-state index is 0.517. The summed E-state index contributed by atoms with van der Waals surface area (Å²) in [6.07, 6.45) is 3.48. The number of halogens is 2. The highest BCUT2D eigenvalue weighted by Gasteiger charge is 2.12. The van der Waals surface area contributed by atoms with Crippen LogP contribution in [-0.4, -0.2) is 33.0 Å². The molecular weight excluding hydrogens is 383 g/mol. The van der Waals surface area contributed by atoms with Crippen LogP contribution in [0.4, 0.5) is 11.8 Å². The largest absolute Gasteiger partial charge is 0.368 e. The second kappa shape index (κ2) is 7.82. The fourth-order valence-electron chi connectivity index (χ4n) is 2.73. The molecule has 4 aromatic rings. The van der Waals surface area contributed by atoms with Crippen molar-refractivity contribution in [2.45, 2.75) is 0 Å². The van der Waals surface area contributed by atoms with Crippen molar-refractivity contribution in [3.05, 3.63) is 64.9 Å². The molecule has 0 unspecified atom stereocenters. The molecule has 0 aliphatic carbocycles. The van der Waals surface area contributed by atoms with Crippen molar-refractivity contribution in [2.75, 3.05) is 23.7 Å². The van der Waals surface area contributed by atoms with E-state index in [0.29, 0.717) is 29.0 Å². The van der Waals surface area contributed by atoms with Crippen LogP contribution in [0.1, 0.15) is 0 Å². The molecule has 0 aliphatic rings. The lowest BCUT2D eigenvalue weighted by molar-refractivity contribution is 1.03. The minimum absolute atomic E-state index is 0.517. The molecule has 2 aromatic heterocycles. The van der Waals surface area contributed by atoms with Crippen LogP contribution >= 0.6 is 23.2 Å². The van der Waals surface area contributed by atoms with Gasteiger partial charge in [-0.25, -0.2) is 15.0 Å². The summed E-state index contributed by atoms with van der Waals surface area (Å²) in [6.45, 7) is 1.35. The number of anilines is 2. The number of para-hydroxylation sites is 1. The molecule has 0 spiro atoms. The van der Waals surface area contributed by atoms with Gasteiger partial charge in [-0.3, -0.25) is 0 Å². The Kier molecular flexibility index (Phi) is 5.09. The van der Waals surface area contributed by atoms with E-state index in [9.17, 15) is 0 Å². The van der Waals surface area contributed by atoms with Crippen LogP contribution in [0, 0.1) is 0 Å². The van der Waals surface area contributed by atoms with Crippen LogP contribution in [0.15, 0.2) is 54.9 Å². The van der Waals surface area contributed by atoms with Gasteiger partial charge in [0.2, 0.25) is 0 Å². The minimum Gasteiger partial charge on any atom is -0.368 e. The highest BCUT2D eigenvalue weighted by atomic mass is 35.5. The molecule has 0 bridgehead atoms. The summed E-state index contributed by atoms with van der Waals surface area (Å²) in [6, 6.07) is 13.2. The van der Waals surface area contributed by atoms with Gasteiger partial charge in [0.05, 0.1) is 10.5 Å². The third-order valence-electron chi connectivity index (χ3n) is 3.98. The summed E-state index contributed by atoms with van der Waals surface area (Å²) >= 11 is 12.4. The number of hydrogen-bond acceptors (Lipinski definition) is 5. The Hall–Kier alpha value is -2.83. The van der Waals surface area contributed by atoms with Gasteiger partial charge in [-0.1, -0.05) is 35.3 Å². The van der Waals surface area contributed by atoms with Gasteiger partial charge in [0.25, 0.3) is 0 Å². The van der Waals surface area contributed by atoms with Crippen LogP contribution in [0.25, 0.3) is 22.3 Å². The van der Waals surface area contributed by atoms with Gasteiger partial charge in [-0.05, 0) is 30.3 Å². The fraction of sp³-hybridized carbons (Fsp3) is 0.105. The van der Waals surface area contributed by atoms with Crippen molar-refractivity contribution in [1.29, 1.82) is 0 Å². The first-order chi connectivity index (χ1) is 13.2. The smallest absolute Gasteiger partial charge is 0.200 e. The molecule has 0 saturated heterocycles. The summed E-state index contributed by atoms with van der Waals surface area (Å²) in [5.74, 6) is 2.04. The Morgan fingerprint density at radius 3 is 2.63 bits per heavy atom. The number of fused-ring (bicyclic) bond motifs is 1. The highest BCUT2D eigenvalue weighted by Crippen LogP contribution is 2.31. The molecule has 0 amide bonds. The summed E-state index contributed by atoms with van der Waals surface area (Å²) in [7, 11) is 0. The molecule has 2 heterocycles. The predicted molar refractivity (Wildman–Crippen MR) is 111 cm³/mol. The normalized spacial score (nSPS) is 10.9. The Labute approximate surface area is 166 Å². The van der Waals surface area contributed by atoms with Crippen molar-refractivity contribution < 1.29 is 0 Å². The fourth-order valence-corrected chi connectivity index (χ4v) is 3.22. The molecule has 0 fully saturated rings. The van der Waals surface area contributed by atoms with E-state index in [1.807, 2.05) is 30.3 Å². The first-order valence-corrected chi connectivity index (χ1v) is 9.15. The van der Waals surface area contributed by atoms with E-state index in [4.69, 9.17) is 28.2 Å². The molecule has 0 atom stereocenters. The topological polar surface area (TPSA) is 78.5 Å². The van der Waals surface area contributed by atoms with E-state index in [0.717, 1.165) is 28.2 Å². The maximum atomic E-state index is 6.35. The molecule has 27 heavy (non-hydrogen) atoms. The maximum Gasteiger partial charge on any atom is 0.200 e. The molecule has 0 saturated carbocycles. The molecule has 0 radical (unpaired) electrons. The van der Waals surface area contributed by atoms with Crippen molar-refractivity contribution >= 4 is 45.9 Å². The lowest BCUT2D eigenvalue weighted by Gasteiger charge is -2.12. The standard InChI is InChI=1S/C19H16Cl2N6/c20-12-5-6-13(15(21)11-12)18-26-16-4-2-1-3-14(16)17(27-18)22-7-8-23-19-24-9-10-25-19/h1-6,9-11H,7-8H2,(H,22,26,27)(H2,23,24,25). The number of nitrogens with one attached hydrogen (secondary N) is 3. The van der Waals surface area contributed by atoms with E-state index >= 15 is 0 Å². The van der Waals surface area contributed by atoms with E-state index < -0.39 is 0 Å². The second-order valence-electron chi connectivity index (χ2n) is 5.83. The summed E-state index contributed by atoms with van der Waals surface area (Å²) in [5, 5.41) is 8.60. The van der Waals surface area contributed by atoms with Crippen molar-refractivity contribution in [3.63, 3.8) is 0 Å². The van der Waals surface area contributed by atoms with Crippen LogP contribution < -0.4 is 10.6 Å². The maximum absolute atomic E-state index is 6.35. The Balaban J connectivity index is 1.62. The van der Waals surface area contributed by atoms with Crippen LogP contribution in [0.3, 0.4) is 0 Å². The van der Waals surface area contributed by atoms with Crippen LogP contribution in [0.2, 0.25) is 10.0 Å². The zero-order valence-electron chi connectivity index (χ0n) is 14.2. The average Bonchev–Trinajstić information content (AvgIpc) is 3.18. The van der Waals surface area contributed by atoms with Crippen LogP contribution in [0.5, 0.6) is 0 Å². The number of benzene rings is 2. The van der Waals surface area contributed by atoms with Crippen molar-refractivity contribution in [2.24, 2.45) is 0 Å². The summed E-state index contributed by atoms with van der Waals surface area (Å²) in [4.78, 5) is 16.5. The molecular formula is C19H16Cl2N6. The predicted octanol–water partition coefficient (Wildman–Crippen LogP) is 4.85. The van der Waals surface area contributed by atoms with Gasteiger partial charge in [0.15, 0.2) is 11.8 Å². The Bertz CT molecular complexity index is 1070. The number of aromatic amines is 1. The molecule has 0 aliphatic heterocycles. The zero-order valence-corrected chi connectivity index (χ0v) is 15.7. The third-order valence-corrected chi connectivity index (χ3v) is 4.53. The molecule has 6 nitrogen and oxygen atoms in total. The molecule has 3 N–H and O–H groups in total. The average molecular weight is 399 g/mol. The van der Waals surface area contributed by atoms with Gasteiger partial charge in [-0.2, -0.15) is 0 Å². The number of aromatic nitrogens is 4. The Morgan fingerprint density at radius 2 is 1.81 bits per heavy atom. The Morgan fingerprint density at radius 1 is 0.963 bits per heavy atom. The van der Waals surface area contributed by atoms with E-state index in [-0.39, 0.29) is 0 Å². The van der Waals surface area contributed by atoms with Gasteiger partial charge in [0.1, 0.15) is 5.82 Å². The molecule has 136 valence electrons. The lowest BCUT2D eigenvalue weighted by atomic mass is 10.2. The molecule has 2 aromatic carbocycles. The van der Waals surface area contributed by atoms with E-state index in [1.54, 1.807) is 24.5 Å². The zero-order chi connectivity index (χ0) is 18.6. The van der Waals surface area contributed by atoms with Gasteiger partial charge in [0, 0.05) is 41.5 Å². The first-order valence-electron chi connectivity index (χ1n) is 8.40. The summed E-state index contributed by atoms with van der Waals surface area (Å²) < 4.78 is 0. The summed E-state index contributed by atoms with van der Waals surface area (Å²) in [5.41, 5.74) is 1.58. The number of hydrogen-bond donors (Lipinski definition) is 3. The van der Waals surface area contributed by atoms with Gasteiger partial charge >= 0.3 is 0 Å². The third kappa shape index (κ3) is 3.97. The number of rotatable bonds is 6. The molecule has 4 rings (SSSR count). The van der Waals surface area contributed by atoms with Gasteiger partial charge in [-0.15, -0.1) is 0 Å². The van der Waals surface area contributed by atoms with Crippen molar-refractivity contribution in [3.8, 4) is 11.4 Å². The monoisotopic (exact) mass is 398 g/mol. The number of nitrogens with zero attached hydrogens (tertiary/aromatic N) is 3. The molecule has 8 heteroatoms. The van der Waals surface area contributed by atoms with Crippen LogP contribution in [-0.2, 0) is 0 Å². The quantitative estimate of drug-likeness (QED) is 0.404. The van der Waals surface area contributed by atoms with Gasteiger partial charge < -0.3 is 15.6 Å².